The number of benzene rings is 1. The largest absolute Gasteiger partial charge is 0.495 e. The van der Waals surface area contributed by atoms with Gasteiger partial charge in [0.25, 0.3) is 5.91 Å². The topological polar surface area (TPSA) is 73.9 Å². The van der Waals surface area contributed by atoms with Crippen LogP contribution < -0.4 is 10.1 Å². The van der Waals surface area contributed by atoms with E-state index >= 15 is 0 Å². The van der Waals surface area contributed by atoms with E-state index in [4.69, 9.17) is 37.4 Å². The van der Waals surface area contributed by atoms with E-state index in [0.717, 1.165) is 24.2 Å². The predicted octanol–water partition coefficient (Wildman–Crippen LogP) is 3.67. The van der Waals surface area contributed by atoms with Crippen molar-refractivity contribution in [3.05, 3.63) is 27.1 Å². The Morgan fingerprint density at radius 2 is 2.15 bits per heavy atom. The third-order valence-electron chi connectivity index (χ3n) is 3.99. The number of fused-ring (bicyclic) bond motifs is 1. The summed E-state index contributed by atoms with van der Waals surface area (Å²) >= 11 is 13.6. The Balaban J connectivity index is 1.63. The van der Waals surface area contributed by atoms with E-state index in [9.17, 15) is 9.59 Å². The lowest BCUT2D eigenvalue weighted by Crippen LogP contribution is -2.34. The summed E-state index contributed by atoms with van der Waals surface area (Å²) in [6.45, 7) is 0.746. The zero-order valence-corrected chi connectivity index (χ0v) is 16.3. The van der Waals surface area contributed by atoms with Gasteiger partial charge in [0.05, 0.1) is 22.9 Å². The van der Waals surface area contributed by atoms with Crippen molar-refractivity contribution in [1.82, 2.24) is 5.32 Å². The summed E-state index contributed by atoms with van der Waals surface area (Å²) in [7, 11) is 1.51. The van der Waals surface area contributed by atoms with E-state index in [1.165, 1.54) is 7.11 Å². The third-order valence-corrected chi connectivity index (χ3v) is 6.19. The van der Waals surface area contributed by atoms with E-state index in [2.05, 4.69) is 5.32 Å². The molecule has 1 aromatic carbocycles. The van der Waals surface area contributed by atoms with Crippen LogP contribution >= 0.6 is 34.5 Å². The molecule has 9 heteroatoms. The summed E-state index contributed by atoms with van der Waals surface area (Å²) in [6, 6.07) is 3.40. The fraction of sp³-hybridized carbons (Fsp3) is 0.412. The van der Waals surface area contributed by atoms with Crippen molar-refractivity contribution in [1.29, 1.82) is 0 Å². The minimum absolute atomic E-state index is 0.0313. The maximum absolute atomic E-state index is 12.3. The molecule has 1 amide bonds. The molecule has 0 radical (unpaired) electrons. The highest BCUT2D eigenvalue weighted by molar-refractivity contribution is 7.22. The van der Waals surface area contributed by atoms with Crippen molar-refractivity contribution in [3.63, 3.8) is 0 Å². The quantitative estimate of drug-likeness (QED) is 0.725. The number of esters is 1. The number of rotatable bonds is 6. The van der Waals surface area contributed by atoms with Crippen LogP contribution in [0, 0.1) is 0 Å². The Morgan fingerprint density at radius 3 is 2.85 bits per heavy atom. The van der Waals surface area contributed by atoms with Crippen molar-refractivity contribution in [2.45, 2.75) is 18.9 Å². The molecule has 1 atom stereocenters. The van der Waals surface area contributed by atoms with Gasteiger partial charge in [0, 0.05) is 18.5 Å². The van der Waals surface area contributed by atoms with Gasteiger partial charge in [-0.25, -0.2) is 4.79 Å². The molecule has 1 aliphatic heterocycles. The highest BCUT2D eigenvalue weighted by Gasteiger charge is 2.22. The number of nitrogens with one attached hydrogen (secondary N) is 1. The number of methoxy groups -OCH3 is 1. The first-order valence-corrected chi connectivity index (χ1v) is 9.58. The summed E-state index contributed by atoms with van der Waals surface area (Å²) in [5.74, 6) is -0.560. The van der Waals surface area contributed by atoms with Crippen molar-refractivity contribution >= 4 is 56.5 Å². The minimum atomic E-state index is -0.668. The summed E-state index contributed by atoms with van der Waals surface area (Å²) in [5.41, 5.74) is 0. The van der Waals surface area contributed by atoms with Gasteiger partial charge >= 0.3 is 5.97 Å². The molecule has 3 rings (SSSR count). The first-order valence-electron chi connectivity index (χ1n) is 8.01. The van der Waals surface area contributed by atoms with Crippen LogP contribution in [0.5, 0.6) is 5.75 Å². The van der Waals surface area contributed by atoms with Crippen molar-refractivity contribution in [2.75, 3.05) is 26.9 Å². The number of hydrogen-bond donors (Lipinski definition) is 1. The summed E-state index contributed by atoms with van der Waals surface area (Å²) in [4.78, 5) is 24.3. The number of amides is 1. The lowest BCUT2D eigenvalue weighted by molar-refractivity contribution is -0.124. The molecule has 1 saturated heterocycles. The molecule has 0 unspecified atom stereocenters. The monoisotopic (exact) mass is 417 g/mol. The average molecular weight is 418 g/mol. The molecule has 0 spiro atoms. The summed E-state index contributed by atoms with van der Waals surface area (Å²) in [6.07, 6.45) is 1.94. The lowest BCUT2D eigenvalue weighted by Gasteiger charge is -2.10. The normalized spacial score (nSPS) is 16.7. The van der Waals surface area contributed by atoms with E-state index in [0.29, 0.717) is 34.0 Å². The second-order valence-electron chi connectivity index (χ2n) is 5.72. The second-order valence-corrected chi connectivity index (χ2v) is 7.50. The predicted molar refractivity (Wildman–Crippen MR) is 101 cm³/mol. The van der Waals surface area contributed by atoms with Gasteiger partial charge in [-0.2, -0.15) is 0 Å². The highest BCUT2D eigenvalue weighted by Crippen LogP contribution is 2.43. The van der Waals surface area contributed by atoms with Gasteiger partial charge in [-0.15, -0.1) is 11.3 Å². The molecule has 0 saturated carbocycles. The van der Waals surface area contributed by atoms with Crippen LogP contribution in [-0.4, -0.2) is 44.8 Å². The van der Waals surface area contributed by atoms with Crippen molar-refractivity contribution in [2.24, 2.45) is 0 Å². The number of halogens is 2. The van der Waals surface area contributed by atoms with Crippen LogP contribution in [0.15, 0.2) is 12.1 Å². The van der Waals surface area contributed by atoms with Gasteiger partial charge in [0.2, 0.25) is 0 Å². The Bertz CT molecular complexity index is 832. The maximum Gasteiger partial charge on any atom is 0.350 e. The van der Waals surface area contributed by atoms with E-state index < -0.39 is 5.97 Å². The van der Waals surface area contributed by atoms with E-state index in [1.54, 1.807) is 12.1 Å². The zero-order valence-electron chi connectivity index (χ0n) is 14.0. The molecule has 6 nitrogen and oxygen atoms in total. The standard InChI is InChI=1S/C17H17Cl2NO5S/c1-23-11-5-4-10-13(18)16(26-15(10)14(11)19)17(22)25-8-12(21)20-7-9-3-2-6-24-9/h4-5,9H,2-3,6-8H2,1H3,(H,20,21)/t9-/m1/s1. The number of thiophene rings is 1. The van der Waals surface area contributed by atoms with Crippen LogP contribution in [-0.2, 0) is 14.3 Å². The molecule has 26 heavy (non-hydrogen) atoms. The van der Waals surface area contributed by atoms with E-state index in [1.807, 2.05) is 0 Å². The smallest absolute Gasteiger partial charge is 0.350 e. The number of hydrogen-bond acceptors (Lipinski definition) is 6. The first-order chi connectivity index (χ1) is 12.5. The molecular formula is C17H17Cl2NO5S. The molecule has 1 aromatic heterocycles. The van der Waals surface area contributed by atoms with Crippen LogP contribution in [0.2, 0.25) is 10.0 Å². The molecule has 2 heterocycles. The van der Waals surface area contributed by atoms with Gasteiger partial charge in [-0.3, -0.25) is 4.79 Å². The molecule has 140 valence electrons. The Kier molecular flexibility index (Phi) is 6.24. The van der Waals surface area contributed by atoms with Gasteiger partial charge in [-0.1, -0.05) is 23.2 Å². The zero-order chi connectivity index (χ0) is 18.7. The van der Waals surface area contributed by atoms with Crippen molar-refractivity contribution < 1.29 is 23.8 Å². The first kappa shape index (κ1) is 19.2. The maximum atomic E-state index is 12.3. The molecule has 0 bridgehead atoms. The Hall–Kier alpha value is -1.54. The van der Waals surface area contributed by atoms with Crippen LogP contribution in [0.25, 0.3) is 10.1 Å². The lowest BCUT2D eigenvalue weighted by atomic mass is 10.2. The second kappa shape index (κ2) is 8.43. The summed E-state index contributed by atoms with van der Waals surface area (Å²) in [5, 5.41) is 3.95. The Labute approximate surface area is 164 Å². The fourth-order valence-corrected chi connectivity index (χ4v) is 4.43. The van der Waals surface area contributed by atoms with E-state index in [-0.39, 0.29) is 28.5 Å². The SMILES string of the molecule is COc1ccc2c(Cl)c(C(=O)OCC(=O)NC[C@H]3CCCO3)sc2c1Cl. The molecular weight excluding hydrogens is 401 g/mol. The third kappa shape index (κ3) is 4.06. The molecule has 1 N–H and O–H groups in total. The van der Waals surface area contributed by atoms with Crippen molar-refractivity contribution in [3.8, 4) is 5.75 Å². The fourth-order valence-electron chi connectivity index (χ4n) is 2.65. The average Bonchev–Trinajstić information content (AvgIpc) is 3.27. The molecule has 1 fully saturated rings. The molecule has 0 aliphatic carbocycles. The molecule has 1 aliphatic rings. The van der Waals surface area contributed by atoms with Gasteiger partial charge in [0.15, 0.2) is 6.61 Å². The molecule has 2 aromatic rings. The number of carbonyl (C=O) groups excluding carboxylic acids is 2. The Morgan fingerprint density at radius 1 is 1.35 bits per heavy atom. The van der Waals surface area contributed by atoms with Gasteiger partial charge in [-0.05, 0) is 25.0 Å². The van der Waals surface area contributed by atoms with Gasteiger partial charge < -0.3 is 19.5 Å². The van der Waals surface area contributed by atoms with Crippen LogP contribution in [0.4, 0.5) is 0 Å². The van der Waals surface area contributed by atoms with Crippen LogP contribution in [0.3, 0.4) is 0 Å². The number of ether oxygens (including phenoxy) is 3. The highest BCUT2D eigenvalue weighted by atomic mass is 35.5. The van der Waals surface area contributed by atoms with Gasteiger partial charge in [0.1, 0.15) is 15.6 Å². The number of carbonyl (C=O) groups is 2. The summed E-state index contributed by atoms with van der Waals surface area (Å²) < 4.78 is 16.3. The minimum Gasteiger partial charge on any atom is -0.495 e. The van der Waals surface area contributed by atoms with Crippen LogP contribution in [0.1, 0.15) is 22.5 Å².